The van der Waals surface area contributed by atoms with Crippen LogP contribution in [0.5, 0.6) is 0 Å². The fourth-order valence-electron chi connectivity index (χ4n) is 1.48. The minimum Gasteiger partial charge on any atom is -0.335 e. The highest BCUT2D eigenvalue weighted by atomic mass is 35.5. The average Bonchev–Trinajstić information content (AvgIpc) is 2.81. The summed E-state index contributed by atoms with van der Waals surface area (Å²) in [4.78, 5) is 11.8. The van der Waals surface area contributed by atoms with E-state index in [2.05, 4.69) is 15.5 Å². The Balaban J connectivity index is 1.98. The zero-order valence-electron chi connectivity index (χ0n) is 11.1. The Morgan fingerprint density at radius 2 is 2.04 bits per heavy atom. The van der Waals surface area contributed by atoms with Gasteiger partial charge >= 0.3 is 6.18 Å². The number of nitrogens with one attached hydrogen (secondary N) is 1. The number of benzene rings is 1. The van der Waals surface area contributed by atoms with Gasteiger partial charge in [-0.1, -0.05) is 35.0 Å². The van der Waals surface area contributed by atoms with Crippen LogP contribution in [-0.2, 0) is 11.0 Å². The summed E-state index contributed by atoms with van der Waals surface area (Å²) < 4.78 is 37.8. The van der Waals surface area contributed by atoms with Gasteiger partial charge in [0, 0.05) is 5.02 Å². The van der Waals surface area contributed by atoms with Gasteiger partial charge in [0.25, 0.3) is 5.82 Å². The molecule has 2 aromatic rings. The van der Waals surface area contributed by atoms with Crippen molar-refractivity contribution in [2.24, 2.45) is 0 Å². The number of aromatic nitrogens is 3. The number of halogens is 5. The summed E-state index contributed by atoms with van der Waals surface area (Å²) in [5, 5.41) is 9.13. The first-order valence-corrected chi connectivity index (χ1v) is 7.58. The monoisotopic (exact) mass is 385 g/mol. The number of anilines is 1. The van der Waals surface area contributed by atoms with Crippen LogP contribution in [0.4, 0.5) is 18.9 Å². The second-order valence-electron chi connectivity index (χ2n) is 4.13. The second-order valence-corrected chi connectivity index (χ2v) is 5.92. The van der Waals surface area contributed by atoms with Crippen molar-refractivity contribution in [2.45, 2.75) is 11.3 Å². The first-order valence-electron chi connectivity index (χ1n) is 5.84. The minimum absolute atomic E-state index is 0.230. The average molecular weight is 386 g/mol. The van der Waals surface area contributed by atoms with E-state index in [0.717, 1.165) is 0 Å². The molecule has 0 saturated heterocycles. The zero-order valence-corrected chi connectivity index (χ0v) is 13.4. The largest absolute Gasteiger partial charge is 0.453 e. The lowest BCUT2D eigenvalue weighted by atomic mass is 10.3. The SMILES string of the molecule is Nn1c(SCC(=O)Nc2ccc(Cl)cc2Cl)nnc1C(F)(F)F. The molecule has 0 fully saturated rings. The summed E-state index contributed by atoms with van der Waals surface area (Å²) >= 11 is 12.3. The van der Waals surface area contributed by atoms with Crippen LogP contribution in [0.25, 0.3) is 0 Å². The molecule has 12 heteroatoms. The third kappa shape index (κ3) is 4.43. The number of thioether (sulfide) groups is 1. The van der Waals surface area contributed by atoms with Crippen molar-refractivity contribution >= 4 is 46.6 Å². The standard InChI is InChI=1S/C11H8Cl2F3N5OS/c12-5-1-2-7(6(13)3-5)18-8(22)4-23-10-20-19-9(21(10)17)11(14,15)16/h1-3H,4,17H2,(H,18,22). The normalized spacial score (nSPS) is 11.5. The van der Waals surface area contributed by atoms with E-state index in [0.29, 0.717) is 22.5 Å². The Kier molecular flexibility index (Phi) is 5.27. The molecular formula is C11H8Cl2F3N5OS. The number of alkyl halides is 3. The van der Waals surface area contributed by atoms with Gasteiger partial charge in [0.05, 0.1) is 16.5 Å². The number of nitrogens with two attached hydrogens (primary N) is 1. The Bertz CT molecular complexity index is 737. The van der Waals surface area contributed by atoms with Crippen molar-refractivity contribution < 1.29 is 18.0 Å². The van der Waals surface area contributed by atoms with Crippen LogP contribution in [-0.4, -0.2) is 26.5 Å². The highest BCUT2D eigenvalue weighted by Crippen LogP contribution is 2.29. The molecule has 0 saturated carbocycles. The Labute approximate surface area is 142 Å². The molecule has 0 radical (unpaired) electrons. The van der Waals surface area contributed by atoms with Gasteiger partial charge in [0.15, 0.2) is 0 Å². The van der Waals surface area contributed by atoms with Gasteiger partial charge in [-0.3, -0.25) is 4.79 Å². The van der Waals surface area contributed by atoms with Crippen LogP contribution < -0.4 is 11.2 Å². The maximum Gasteiger partial charge on any atom is 0.453 e. The van der Waals surface area contributed by atoms with Crippen molar-refractivity contribution in [3.05, 3.63) is 34.1 Å². The van der Waals surface area contributed by atoms with Crippen molar-refractivity contribution in [1.82, 2.24) is 14.9 Å². The van der Waals surface area contributed by atoms with E-state index in [1.165, 1.54) is 18.2 Å². The Morgan fingerprint density at radius 1 is 1.35 bits per heavy atom. The van der Waals surface area contributed by atoms with E-state index in [1.807, 2.05) is 0 Å². The molecule has 23 heavy (non-hydrogen) atoms. The maximum absolute atomic E-state index is 12.5. The fraction of sp³-hybridized carbons (Fsp3) is 0.182. The number of amides is 1. The number of nitrogens with zero attached hydrogens (tertiary/aromatic N) is 3. The van der Waals surface area contributed by atoms with Gasteiger partial charge in [-0.2, -0.15) is 13.2 Å². The molecule has 6 nitrogen and oxygen atoms in total. The molecule has 1 aromatic heterocycles. The fourth-order valence-corrected chi connectivity index (χ4v) is 2.59. The summed E-state index contributed by atoms with van der Waals surface area (Å²) in [6.45, 7) is 0. The third-order valence-electron chi connectivity index (χ3n) is 2.46. The molecule has 3 N–H and O–H groups in total. The molecule has 0 aliphatic rings. The molecule has 0 atom stereocenters. The lowest BCUT2D eigenvalue weighted by Crippen LogP contribution is -2.22. The van der Waals surface area contributed by atoms with Crippen LogP contribution in [0.15, 0.2) is 23.4 Å². The van der Waals surface area contributed by atoms with E-state index in [1.54, 1.807) is 0 Å². The van der Waals surface area contributed by atoms with Gasteiger partial charge in [0.1, 0.15) is 0 Å². The summed E-state index contributed by atoms with van der Waals surface area (Å²) in [6, 6.07) is 4.47. The van der Waals surface area contributed by atoms with Crippen LogP contribution in [0.3, 0.4) is 0 Å². The first kappa shape index (κ1) is 17.7. The van der Waals surface area contributed by atoms with Gasteiger partial charge in [-0.15, -0.1) is 10.2 Å². The second kappa shape index (κ2) is 6.85. The third-order valence-corrected chi connectivity index (χ3v) is 3.95. The van der Waals surface area contributed by atoms with Crippen molar-refractivity contribution in [2.75, 3.05) is 16.9 Å². The first-order chi connectivity index (χ1) is 10.7. The number of hydrogen-bond donors (Lipinski definition) is 2. The van der Waals surface area contributed by atoms with Gasteiger partial charge < -0.3 is 11.2 Å². The van der Waals surface area contributed by atoms with Crippen LogP contribution in [0.1, 0.15) is 5.82 Å². The molecule has 1 heterocycles. The lowest BCUT2D eigenvalue weighted by Gasteiger charge is -2.08. The van der Waals surface area contributed by atoms with Crippen molar-refractivity contribution in [3.8, 4) is 0 Å². The highest BCUT2D eigenvalue weighted by molar-refractivity contribution is 7.99. The van der Waals surface area contributed by atoms with E-state index in [4.69, 9.17) is 29.0 Å². The highest BCUT2D eigenvalue weighted by Gasteiger charge is 2.38. The number of carbonyl (C=O) groups is 1. The smallest absolute Gasteiger partial charge is 0.335 e. The molecule has 0 bridgehead atoms. The molecule has 0 aliphatic heterocycles. The van der Waals surface area contributed by atoms with E-state index >= 15 is 0 Å². The number of nitrogen functional groups attached to an aromatic ring is 1. The van der Waals surface area contributed by atoms with Crippen LogP contribution in [0, 0.1) is 0 Å². The predicted octanol–water partition coefficient (Wildman–Crippen LogP) is 3.05. The molecule has 1 aromatic carbocycles. The molecule has 1 amide bonds. The summed E-state index contributed by atoms with van der Waals surface area (Å²) in [5.74, 6) is 3.17. The number of hydrogen-bond acceptors (Lipinski definition) is 5. The van der Waals surface area contributed by atoms with E-state index in [-0.39, 0.29) is 20.6 Å². The topological polar surface area (TPSA) is 85.8 Å². The van der Waals surface area contributed by atoms with Gasteiger partial charge in [-0.25, -0.2) is 4.68 Å². The quantitative estimate of drug-likeness (QED) is 0.623. The molecule has 2 rings (SSSR count). The Hall–Kier alpha value is -1.65. The summed E-state index contributed by atoms with van der Waals surface area (Å²) in [7, 11) is 0. The van der Waals surface area contributed by atoms with Crippen molar-refractivity contribution in [1.29, 1.82) is 0 Å². The summed E-state index contributed by atoms with van der Waals surface area (Å²) in [5.41, 5.74) is 0.326. The molecule has 0 spiro atoms. The Morgan fingerprint density at radius 3 is 2.61 bits per heavy atom. The predicted molar refractivity (Wildman–Crippen MR) is 81.0 cm³/mol. The van der Waals surface area contributed by atoms with E-state index in [9.17, 15) is 18.0 Å². The molecule has 0 aliphatic carbocycles. The maximum atomic E-state index is 12.5. The van der Waals surface area contributed by atoms with Crippen molar-refractivity contribution in [3.63, 3.8) is 0 Å². The zero-order chi connectivity index (χ0) is 17.2. The van der Waals surface area contributed by atoms with Gasteiger partial charge in [-0.05, 0) is 18.2 Å². The lowest BCUT2D eigenvalue weighted by molar-refractivity contribution is -0.146. The van der Waals surface area contributed by atoms with Crippen LogP contribution >= 0.6 is 35.0 Å². The van der Waals surface area contributed by atoms with E-state index < -0.39 is 17.9 Å². The van der Waals surface area contributed by atoms with Gasteiger partial charge in [0.2, 0.25) is 11.1 Å². The number of rotatable bonds is 4. The molecular weight excluding hydrogens is 378 g/mol. The molecule has 124 valence electrons. The van der Waals surface area contributed by atoms with Crippen LogP contribution in [0.2, 0.25) is 10.0 Å². The molecule has 0 unspecified atom stereocenters. The summed E-state index contributed by atoms with van der Waals surface area (Å²) in [6.07, 6.45) is -4.72. The minimum atomic E-state index is -4.72. The number of carbonyl (C=O) groups excluding carboxylic acids is 1.